The third kappa shape index (κ3) is 5.85. The number of hydrogen-bond acceptors (Lipinski definition) is 3. The zero-order valence-corrected chi connectivity index (χ0v) is 12.3. The summed E-state index contributed by atoms with van der Waals surface area (Å²) >= 11 is 0. The quantitative estimate of drug-likeness (QED) is 0.789. The minimum Gasteiger partial charge on any atom is -0.492 e. The van der Waals surface area contributed by atoms with Crippen LogP contribution in [0.15, 0.2) is 18.2 Å². The van der Waals surface area contributed by atoms with E-state index in [2.05, 4.69) is 10.6 Å². The molecule has 118 valence electrons. The van der Waals surface area contributed by atoms with E-state index in [1.54, 1.807) is 0 Å². The number of carbonyl (C=O) groups excluding carboxylic acids is 1. The number of amides is 1. The highest BCUT2D eigenvalue weighted by molar-refractivity contribution is 5.85. The summed E-state index contributed by atoms with van der Waals surface area (Å²) in [7, 11) is 0. The van der Waals surface area contributed by atoms with Crippen LogP contribution in [-0.4, -0.2) is 31.6 Å². The molecule has 1 aliphatic rings. The third-order valence-electron chi connectivity index (χ3n) is 3.18. The Morgan fingerprint density at radius 1 is 1.38 bits per heavy atom. The van der Waals surface area contributed by atoms with Gasteiger partial charge in [-0.3, -0.25) is 4.79 Å². The zero-order chi connectivity index (χ0) is 14.4. The summed E-state index contributed by atoms with van der Waals surface area (Å²) in [6.07, 6.45) is 2.60. The molecule has 0 bridgehead atoms. The Morgan fingerprint density at radius 3 is 2.86 bits per heavy atom. The van der Waals surface area contributed by atoms with Crippen LogP contribution in [0.4, 0.5) is 8.78 Å². The number of benzene rings is 1. The second-order valence-corrected chi connectivity index (χ2v) is 4.77. The molecule has 1 amide bonds. The monoisotopic (exact) mass is 320 g/mol. The van der Waals surface area contributed by atoms with E-state index in [1.165, 1.54) is 6.07 Å². The van der Waals surface area contributed by atoms with Crippen molar-refractivity contribution in [2.24, 2.45) is 0 Å². The van der Waals surface area contributed by atoms with Gasteiger partial charge in [0.1, 0.15) is 12.4 Å². The predicted molar refractivity (Wildman–Crippen MR) is 77.8 cm³/mol. The molecule has 1 heterocycles. The Bertz CT molecular complexity index is 468. The van der Waals surface area contributed by atoms with Crippen molar-refractivity contribution in [1.29, 1.82) is 0 Å². The number of carbonyl (C=O) groups is 1. The largest absolute Gasteiger partial charge is 0.492 e. The molecule has 0 aromatic heterocycles. The van der Waals surface area contributed by atoms with E-state index in [4.69, 9.17) is 4.74 Å². The zero-order valence-electron chi connectivity index (χ0n) is 11.5. The average Bonchev–Trinajstić information content (AvgIpc) is 2.91. The van der Waals surface area contributed by atoms with Gasteiger partial charge in [-0.25, -0.2) is 8.78 Å². The van der Waals surface area contributed by atoms with Gasteiger partial charge in [-0.1, -0.05) is 0 Å². The van der Waals surface area contributed by atoms with Crippen molar-refractivity contribution in [2.45, 2.75) is 25.3 Å². The lowest BCUT2D eigenvalue weighted by molar-refractivity contribution is -0.121. The highest BCUT2D eigenvalue weighted by Crippen LogP contribution is 2.15. The first-order valence-corrected chi connectivity index (χ1v) is 6.73. The molecule has 7 heteroatoms. The summed E-state index contributed by atoms with van der Waals surface area (Å²) in [5.41, 5.74) is 0. The fourth-order valence-corrected chi connectivity index (χ4v) is 2.15. The van der Waals surface area contributed by atoms with Crippen LogP contribution in [0.2, 0.25) is 0 Å². The molecule has 0 spiro atoms. The molecule has 1 aromatic carbocycles. The Labute approximate surface area is 128 Å². The van der Waals surface area contributed by atoms with Crippen LogP contribution in [0.5, 0.6) is 5.75 Å². The lowest BCUT2D eigenvalue weighted by Gasteiger charge is -2.11. The smallest absolute Gasteiger partial charge is 0.221 e. The van der Waals surface area contributed by atoms with Gasteiger partial charge in [0.15, 0.2) is 11.6 Å². The van der Waals surface area contributed by atoms with Crippen LogP contribution in [0.25, 0.3) is 0 Å². The Morgan fingerprint density at radius 2 is 2.19 bits per heavy atom. The summed E-state index contributed by atoms with van der Waals surface area (Å²) in [6.45, 7) is 1.52. The van der Waals surface area contributed by atoms with Gasteiger partial charge in [0.25, 0.3) is 0 Å². The molecule has 2 rings (SSSR count). The van der Waals surface area contributed by atoms with Gasteiger partial charge in [0.2, 0.25) is 5.91 Å². The van der Waals surface area contributed by atoms with E-state index >= 15 is 0 Å². The van der Waals surface area contributed by atoms with Gasteiger partial charge >= 0.3 is 0 Å². The van der Waals surface area contributed by atoms with Crippen molar-refractivity contribution >= 4 is 18.3 Å². The minimum atomic E-state index is -0.946. The molecular formula is C14H19ClF2N2O2. The molecule has 0 radical (unpaired) electrons. The van der Waals surface area contributed by atoms with E-state index in [9.17, 15) is 13.6 Å². The molecule has 0 saturated carbocycles. The topological polar surface area (TPSA) is 50.4 Å². The molecule has 4 nitrogen and oxygen atoms in total. The second kappa shape index (κ2) is 8.79. The van der Waals surface area contributed by atoms with E-state index < -0.39 is 11.6 Å². The van der Waals surface area contributed by atoms with E-state index in [-0.39, 0.29) is 36.7 Å². The summed E-state index contributed by atoms with van der Waals surface area (Å²) < 4.78 is 30.8. The Kier molecular flexibility index (Phi) is 7.39. The Hall–Kier alpha value is -1.40. The minimum absolute atomic E-state index is 0. The maximum atomic E-state index is 12.9. The highest BCUT2D eigenvalue weighted by Gasteiger charge is 2.17. The van der Waals surface area contributed by atoms with Crippen LogP contribution < -0.4 is 15.4 Å². The first-order valence-electron chi connectivity index (χ1n) is 6.73. The normalized spacial score (nSPS) is 17.1. The van der Waals surface area contributed by atoms with Gasteiger partial charge in [-0.2, -0.15) is 0 Å². The van der Waals surface area contributed by atoms with Crippen LogP contribution in [0.1, 0.15) is 19.3 Å². The van der Waals surface area contributed by atoms with E-state index in [1.807, 2.05) is 0 Å². The molecule has 1 atom stereocenters. The number of rotatable bonds is 6. The van der Waals surface area contributed by atoms with Crippen molar-refractivity contribution in [3.8, 4) is 5.75 Å². The molecule has 21 heavy (non-hydrogen) atoms. The van der Waals surface area contributed by atoms with Crippen molar-refractivity contribution in [2.75, 3.05) is 19.7 Å². The van der Waals surface area contributed by atoms with E-state index in [0.29, 0.717) is 13.0 Å². The maximum Gasteiger partial charge on any atom is 0.221 e. The van der Waals surface area contributed by atoms with Crippen molar-refractivity contribution in [1.82, 2.24) is 10.6 Å². The summed E-state index contributed by atoms with van der Waals surface area (Å²) in [5.74, 6) is -1.64. The summed E-state index contributed by atoms with van der Waals surface area (Å²) in [6, 6.07) is 3.61. The van der Waals surface area contributed by atoms with E-state index in [0.717, 1.165) is 31.5 Å². The molecular weight excluding hydrogens is 302 g/mol. The first-order chi connectivity index (χ1) is 9.65. The fourth-order valence-electron chi connectivity index (χ4n) is 2.15. The lowest BCUT2D eigenvalue weighted by atomic mass is 10.1. The molecule has 0 aliphatic carbocycles. The van der Waals surface area contributed by atoms with Crippen LogP contribution in [-0.2, 0) is 4.79 Å². The van der Waals surface area contributed by atoms with Crippen molar-refractivity contribution < 1.29 is 18.3 Å². The van der Waals surface area contributed by atoms with Gasteiger partial charge in [0, 0.05) is 18.5 Å². The predicted octanol–water partition coefficient (Wildman–Crippen LogP) is 2.02. The Balaban J connectivity index is 0.00000220. The number of nitrogens with one attached hydrogen (secondary N) is 2. The van der Waals surface area contributed by atoms with Gasteiger partial charge in [0.05, 0.1) is 6.54 Å². The third-order valence-corrected chi connectivity index (χ3v) is 3.18. The van der Waals surface area contributed by atoms with Crippen LogP contribution >= 0.6 is 12.4 Å². The first kappa shape index (κ1) is 17.7. The summed E-state index contributed by atoms with van der Waals surface area (Å²) in [5, 5.41) is 5.98. The number of hydrogen-bond donors (Lipinski definition) is 2. The lowest BCUT2D eigenvalue weighted by Crippen LogP contribution is -2.33. The van der Waals surface area contributed by atoms with Crippen molar-refractivity contribution in [3.63, 3.8) is 0 Å². The number of halogens is 3. The SMILES string of the molecule is Cl.O=C(CC1CCCN1)NCCOc1ccc(F)c(F)c1. The van der Waals surface area contributed by atoms with Gasteiger partial charge in [-0.15, -0.1) is 12.4 Å². The number of ether oxygens (including phenoxy) is 1. The fraction of sp³-hybridized carbons (Fsp3) is 0.500. The molecule has 1 saturated heterocycles. The molecule has 1 aliphatic heterocycles. The van der Waals surface area contributed by atoms with Crippen molar-refractivity contribution in [3.05, 3.63) is 29.8 Å². The summed E-state index contributed by atoms with van der Waals surface area (Å²) in [4.78, 5) is 11.6. The standard InChI is InChI=1S/C14H18F2N2O2.ClH/c15-12-4-3-11(9-13(12)16)20-7-6-18-14(19)8-10-2-1-5-17-10;/h3-4,9-10,17H,1-2,5-8H2,(H,18,19);1H. The van der Waals surface area contributed by atoms with Crippen LogP contribution in [0.3, 0.4) is 0 Å². The average molecular weight is 321 g/mol. The van der Waals surface area contributed by atoms with Gasteiger partial charge in [-0.05, 0) is 31.5 Å². The van der Waals surface area contributed by atoms with Crippen LogP contribution in [0, 0.1) is 11.6 Å². The maximum absolute atomic E-state index is 12.9. The molecule has 1 aromatic rings. The second-order valence-electron chi connectivity index (χ2n) is 4.77. The highest BCUT2D eigenvalue weighted by atomic mass is 35.5. The molecule has 1 fully saturated rings. The molecule has 1 unspecified atom stereocenters. The van der Waals surface area contributed by atoms with Gasteiger partial charge < -0.3 is 15.4 Å². The molecule has 2 N–H and O–H groups in total.